The fraction of sp³-hybridized carbons (Fsp3) is 0.240. The van der Waals surface area contributed by atoms with Crippen molar-refractivity contribution >= 4 is 27.5 Å². The van der Waals surface area contributed by atoms with Gasteiger partial charge in [0.15, 0.2) is 0 Å². The highest BCUT2D eigenvalue weighted by Crippen LogP contribution is 2.28. The number of fused-ring (bicyclic) bond motifs is 1. The van der Waals surface area contributed by atoms with E-state index < -0.39 is 11.6 Å². The molecule has 4 nitrogen and oxygen atoms in total. The number of nitrogens with zero attached hydrogens (tertiary/aromatic N) is 3. The lowest BCUT2D eigenvalue weighted by Gasteiger charge is -2.35. The second-order valence-electron chi connectivity index (χ2n) is 8.08. The minimum absolute atomic E-state index is 0.0460. The number of hydrogen-bond acceptors (Lipinski definition) is 3. The highest BCUT2D eigenvalue weighted by Gasteiger charge is 2.26. The number of carbonyl (C=O) groups excluding carboxylic acids is 1. The molecule has 1 aliphatic heterocycles. The highest BCUT2D eigenvalue weighted by atomic mass is 32.1. The number of amides is 1. The molecule has 7 heteroatoms. The summed E-state index contributed by atoms with van der Waals surface area (Å²) in [5.41, 5.74) is 3.07. The quantitative estimate of drug-likeness (QED) is 0.428. The highest BCUT2D eigenvalue weighted by molar-refractivity contribution is 7.17. The summed E-state index contributed by atoms with van der Waals surface area (Å²) in [6, 6.07) is 17.7. The lowest BCUT2D eigenvalue weighted by molar-refractivity contribution is 0.0619. The molecule has 1 aliphatic rings. The second kappa shape index (κ2) is 8.84. The van der Waals surface area contributed by atoms with Crippen LogP contribution in [0.1, 0.15) is 21.6 Å². The van der Waals surface area contributed by atoms with Gasteiger partial charge in [0.1, 0.15) is 17.3 Å². The summed E-state index contributed by atoms with van der Waals surface area (Å²) in [4.78, 5) is 17.6. The molecule has 0 radical (unpaired) electrons. The Balaban J connectivity index is 1.34. The molecule has 1 amide bonds. The Labute approximate surface area is 189 Å². The molecule has 3 heterocycles. The van der Waals surface area contributed by atoms with Crippen LogP contribution in [0.15, 0.2) is 66.0 Å². The van der Waals surface area contributed by atoms with Gasteiger partial charge in [-0.3, -0.25) is 9.69 Å². The van der Waals surface area contributed by atoms with E-state index >= 15 is 0 Å². The average molecular weight is 452 g/mol. The van der Waals surface area contributed by atoms with Gasteiger partial charge in [-0.25, -0.2) is 8.78 Å². The van der Waals surface area contributed by atoms with E-state index in [0.717, 1.165) is 35.9 Å². The molecule has 0 spiro atoms. The summed E-state index contributed by atoms with van der Waals surface area (Å²) in [5.74, 6) is -1.26. The average Bonchev–Trinajstić information content (AvgIpc) is 3.39. The first-order valence-corrected chi connectivity index (χ1v) is 11.5. The Kier molecular flexibility index (Phi) is 5.76. The van der Waals surface area contributed by atoms with E-state index in [9.17, 15) is 13.6 Å². The van der Waals surface area contributed by atoms with Crippen molar-refractivity contribution in [3.05, 3.63) is 94.5 Å². The third-order valence-electron chi connectivity index (χ3n) is 5.99. The Morgan fingerprint density at radius 2 is 1.69 bits per heavy atom. The van der Waals surface area contributed by atoms with E-state index in [-0.39, 0.29) is 12.5 Å². The van der Waals surface area contributed by atoms with E-state index in [2.05, 4.69) is 17.0 Å². The van der Waals surface area contributed by atoms with Crippen LogP contribution in [0.5, 0.6) is 0 Å². The van der Waals surface area contributed by atoms with Crippen LogP contribution in [0.2, 0.25) is 0 Å². The molecule has 0 unspecified atom stereocenters. The standard InChI is InChI=1S/C25H23F2N3OS/c26-20-7-6-19(21(27)14-20)17-30-22-8-13-32-24(22)15-23(30)25(31)29-11-9-28(10-12-29)16-18-4-2-1-3-5-18/h1-8,13-15H,9-12,16-17H2. The lowest BCUT2D eigenvalue weighted by atomic mass is 10.2. The summed E-state index contributed by atoms with van der Waals surface area (Å²) in [5, 5.41) is 1.96. The van der Waals surface area contributed by atoms with Crippen molar-refractivity contribution in [3.63, 3.8) is 0 Å². The number of rotatable bonds is 5. The third-order valence-corrected chi connectivity index (χ3v) is 6.85. The van der Waals surface area contributed by atoms with Crippen LogP contribution in [-0.4, -0.2) is 46.5 Å². The monoisotopic (exact) mass is 451 g/mol. The van der Waals surface area contributed by atoms with Crippen LogP contribution in [-0.2, 0) is 13.1 Å². The Morgan fingerprint density at radius 3 is 2.44 bits per heavy atom. The van der Waals surface area contributed by atoms with Crippen molar-refractivity contribution in [2.24, 2.45) is 0 Å². The number of benzene rings is 2. The molecular formula is C25H23F2N3OS. The lowest BCUT2D eigenvalue weighted by Crippen LogP contribution is -2.48. The molecule has 0 aliphatic carbocycles. The van der Waals surface area contributed by atoms with Crippen LogP contribution in [0.3, 0.4) is 0 Å². The van der Waals surface area contributed by atoms with Crippen molar-refractivity contribution in [2.45, 2.75) is 13.1 Å². The van der Waals surface area contributed by atoms with Gasteiger partial charge in [-0.2, -0.15) is 0 Å². The Morgan fingerprint density at radius 1 is 0.906 bits per heavy atom. The maximum absolute atomic E-state index is 14.3. The maximum atomic E-state index is 14.3. The molecule has 1 fully saturated rings. The first-order chi connectivity index (χ1) is 15.6. The molecule has 5 rings (SSSR count). The molecule has 2 aromatic carbocycles. The third kappa shape index (κ3) is 4.18. The van der Waals surface area contributed by atoms with Gasteiger partial charge in [-0.05, 0) is 29.1 Å². The minimum Gasteiger partial charge on any atom is -0.335 e. The normalized spacial score (nSPS) is 14.9. The Hall–Kier alpha value is -3.03. The zero-order valence-electron chi connectivity index (χ0n) is 17.5. The number of halogens is 2. The second-order valence-corrected chi connectivity index (χ2v) is 9.02. The molecule has 32 heavy (non-hydrogen) atoms. The fourth-order valence-corrected chi connectivity index (χ4v) is 5.08. The molecule has 164 valence electrons. The van der Waals surface area contributed by atoms with Crippen LogP contribution in [0.25, 0.3) is 10.2 Å². The van der Waals surface area contributed by atoms with Crippen LogP contribution < -0.4 is 0 Å². The summed E-state index contributed by atoms with van der Waals surface area (Å²) >= 11 is 1.55. The number of carbonyl (C=O) groups is 1. The molecule has 0 saturated carbocycles. The minimum atomic E-state index is -0.607. The van der Waals surface area contributed by atoms with E-state index in [1.54, 1.807) is 11.3 Å². The van der Waals surface area contributed by atoms with Crippen molar-refractivity contribution in [1.82, 2.24) is 14.4 Å². The molecule has 0 bridgehead atoms. The molecule has 0 N–H and O–H groups in total. The zero-order chi connectivity index (χ0) is 22.1. The first kappa shape index (κ1) is 20.8. The summed E-state index contributed by atoms with van der Waals surface area (Å²) in [7, 11) is 0. The predicted molar refractivity (Wildman–Crippen MR) is 123 cm³/mol. The van der Waals surface area contributed by atoms with Gasteiger partial charge in [-0.1, -0.05) is 36.4 Å². The SMILES string of the molecule is O=C(c1cc2sccc2n1Cc1ccc(F)cc1F)N1CCN(Cc2ccccc2)CC1. The first-order valence-electron chi connectivity index (χ1n) is 10.6. The largest absolute Gasteiger partial charge is 0.335 e. The molecule has 0 atom stereocenters. The van der Waals surface area contributed by atoms with Crippen LogP contribution in [0, 0.1) is 11.6 Å². The summed E-state index contributed by atoms with van der Waals surface area (Å²) in [6.07, 6.45) is 0. The Bertz CT molecular complexity index is 1240. The molecule has 2 aromatic heterocycles. The number of piperazine rings is 1. The van der Waals surface area contributed by atoms with E-state index in [4.69, 9.17) is 0 Å². The van der Waals surface area contributed by atoms with Crippen molar-refractivity contribution in [2.75, 3.05) is 26.2 Å². The topological polar surface area (TPSA) is 28.5 Å². The predicted octanol–water partition coefficient (Wildman–Crippen LogP) is 4.99. The fourth-order valence-electron chi connectivity index (χ4n) is 4.26. The van der Waals surface area contributed by atoms with E-state index in [0.29, 0.717) is 24.3 Å². The summed E-state index contributed by atoms with van der Waals surface area (Å²) in [6.45, 7) is 3.97. The van der Waals surface area contributed by atoms with Gasteiger partial charge in [0.2, 0.25) is 0 Å². The van der Waals surface area contributed by atoms with Crippen molar-refractivity contribution < 1.29 is 13.6 Å². The van der Waals surface area contributed by atoms with Gasteiger partial charge in [0.05, 0.1) is 16.8 Å². The smallest absolute Gasteiger partial charge is 0.270 e. The number of hydrogen-bond donors (Lipinski definition) is 0. The van der Waals surface area contributed by atoms with Gasteiger partial charge in [-0.15, -0.1) is 11.3 Å². The molecule has 4 aromatic rings. The van der Waals surface area contributed by atoms with E-state index in [1.807, 2.05) is 45.2 Å². The molecule has 1 saturated heterocycles. The van der Waals surface area contributed by atoms with Gasteiger partial charge >= 0.3 is 0 Å². The van der Waals surface area contributed by atoms with Crippen LogP contribution >= 0.6 is 11.3 Å². The van der Waals surface area contributed by atoms with Crippen LogP contribution in [0.4, 0.5) is 8.78 Å². The van der Waals surface area contributed by atoms with E-state index in [1.165, 1.54) is 17.7 Å². The van der Waals surface area contributed by atoms with Gasteiger partial charge in [0.25, 0.3) is 5.91 Å². The van der Waals surface area contributed by atoms with Crippen molar-refractivity contribution in [3.8, 4) is 0 Å². The van der Waals surface area contributed by atoms with Crippen molar-refractivity contribution in [1.29, 1.82) is 0 Å². The van der Waals surface area contributed by atoms with Gasteiger partial charge < -0.3 is 9.47 Å². The van der Waals surface area contributed by atoms with Gasteiger partial charge in [0, 0.05) is 44.4 Å². The number of thiophene rings is 1. The zero-order valence-corrected chi connectivity index (χ0v) is 18.3. The maximum Gasteiger partial charge on any atom is 0.270 e. The number of aromatic nitrogens is 1. The summed E-state index contributed by atoms with van der Waals surface area (Å²) < 4.78 is 30.5. The molecular weight excluding hydrogens is 428 g/mol.